The zero-order valence-corrected chi connectivity index (χ0v) is 11.5. The van der Waals surface area contributed by atoms with Crippen LogP contribution >= 0.6 is 11.8 Å². The van der Waals surface area contributed by atoms with E-state index in [0.717, 1.165) is 6.42 Å². The molecule has 0 bridgehead atoms. The smallest absolute Gasteiger partial charge is 0.248 e. The summed E-state index contributed by atoms with van der Waals surface area (Å²) < 4.78 is 0. The zero-order valence-electron chi connectivity index (χ0n) is 10.7. The van der Waals surface area contributed by atoms with Gasteiger partial charge in [0.05, 0.1) is 0 Å². The summed E-state index contributed by atoms with van der Waals surface area (Å²) in [6, 6.07) is 6.61. The summed E-state index contributed by atoms with van der Waals surface area (Å²) in [6.07, 6.45) is 3.27. The van der Waals surface area contributed by atoms with Gasteiger partial charge in [0.2, 0.25) is 5.91 Å². The molecule has 2 rings (SSSR count). The number of carbonyl (C=O) groups excluding carboxylic acids is 1. The maximum absolute atomic E-state index is 11.2. The number of carbonyl (C=O) groups is 1. The molecule has 1 aliphatic rings. The minimum absolute atomic E-state index is 0.219. The molecule has 0 saturated heterocycles. The van der Waals surface area contributed by atoms with Crippen LogP contribution in [0.3, 0.4) is 0 Å². The fourth-order valence-electron chi connectivity index (χ4n) is 2.11. The van der Waals surface area contributed by atoms with Crippen molar-refractivity contribution in [3.8, 4) is 0 Å². The number of amides is 1. The Morgan fingerprint density at radius 1 is 1.50 bits per heavy atom. The van der Waals surface area contributed by atoms with Crippen LogP contribution in [0, 0.1) is 0 Å². The average Bonchev–Trinajstić information content (AvgIpc) is 2.43. The van der Waals surface area contributed by atoms with Crippen molar-refractivity contribution in [2.24, 2.45) is 0 Å². The molecule has 98 valence electrons. The van der Waals surface area contributed by atoms with E-state index in [1.807, 2.05) is 11.8 Å². The summed E-state index contributed by atoms with van der Waals surface area (Å²) in [6.45, 7) is 0.253. The lowest BCUT2D eigenvalue weighted by atomic mass is 10.0. The third-order valence-corrected chi connectivity index (χ3v) is 4.47. The van der Waals surface area contributed by atoms with Gasteiger partial charge in [-0.25, -0.2) is 0 Å². The predicted molar refractivity (Wildman–Crippen MR) is 73.9 cm³/mol. The number of aliphatic hydroxyl groups is 1. The van der Waals surface area contributed by atoms with Crippen molar-refractivity contribution < 1.29 is 9.90 Å². The fourth-order valence-corrected chi connectivity index (χ4v) is 3.13. The Morgan fingerprint density at radius 2 is 2.33 bits per heavy atom. The fraction of sp³-hybridized carbons (Fsp3) is 0.500. The maximum atomic E-state index is 11.2. The molecule has 0 unspecified atom stereocenters. The molecule has 1 aromatic rings. The van der Waals surface area contributed by atoms with Crippen LogP contribution in [0.4, 0.5) is 0 Å². The third kappa shape index (κ3) is 3.27. The Balaban J connectivity index is 1.96. The molecule has 0 radical (unpaired) electrons. The quantitative estimate of drug-likeness (QED) is 0.901. The van der Waals surface area contributed by atoms with Gasteiger partial charge in [-0.3, -0.25) is 4.79 Å². The first-order valence-electron chi connectivity index (χ1n) is 6.30. The molecule has 0 saturated carbocycles. The van der Waals surface area contributed by atoms with Crippen molar-refractivity contribution in [1.29, 1.82) is 0 Å². The Morgan fingerprint density at radius 3 is 3.11 bits per heavy atom. The molecule has 0 spiro atoms. The summed E-state index contributed by atoms with van der Waals surface area (Å²) in [5.41, 5.74) is 2.72. The van der Waals surface area contributed by atoms with Crippen LogP contribution < -0.4 is 0 Å². The van der Waals surface area contributed by atoms with Gasteiger partial charge >= 0.3 is 0 Å². The molecular weight excluding hydrogens is 246 g/mol. The molecule has 0 atom stereocenters. The maximum Gasteiger partial charge on any atom is 0.248 e. The summed E-state index contributed by atoms with van der Waals surface area (Å²) in [5.74, 6) is 1.00. The molecule has 1 N–H and O–H groups in total. The van der Waals surface area contributed by atoms with Gasteiger partial charge in [0.15, 0.2) is 0 Å². The first kappa shape index (κ1) is 13.4. The van der Waals surface area contributed by atoms with Gasteiger partial charge in [0.1, 0.15) is 6.61 Å². The van der Waals surface area contributed by atoms with Gasteiger partial charge in [-0.15, -0.1) is 11.8 Å². The van der Waals surface area contributed by atoms with Crippen LogP contribution in [-0.2, 0) is 17.6 Å². The van der Waals surface area contributed by atoms with E-state index in [9.17, 15) is 4.79 Å². The molecule has 3 nitrogen and oxygen atoms in total. The van der Waals surface area contributed by atoms with Crippen LogP contribution in [0.15, 0.2) is 23.1 Å². The second-order valence-corrected chi connectivity index (χ2v) is 5.75. The number of likely N-dealkylation sites (N-methyl/N-ethyl adjacent to an activating group) is 1. The Bertz CT molecular complexity index is 434. The molecule has 4 heteroatoms. The first-order valence-corrected chi connectivity index (χ1v) is 7.28. The summed E-state index contributed by atoms with van der Waals surface area (Å²) in [7, 11) is 1.73. The van der Waals surface area contributed by atoms with E-state index in [0.29, 0.717) is 6.54 Å². The van der Waals surface area contributed by atoms with E-state index >= 15 is 0 Å². The van der Waals surface area contributed by atoms with Gasteiger partial charge in [0, 0.05) is 18.5 Å². The highest BCUT2D eigenvalue weighted by Crippen LogP contribution is 2.30. The molecule has 0 fully saturated rings. The van der Waals surface area contributed by atoms with E-state index in [1.54, 1.807) is 11.9 Å². The van der Waals surface area contributed by atoms with Gasteiger partial charge in [-0.2, -0.15) is 0 Å². The third-order valence-electron chi connectivity index (χ3n) is 3.27. The van der Waals surface area contributed by atoms with E-state index in [4.69, 9.17) is 5.11 Å². The van der Waals surface area contributed by atoms with E-state index in [-0.39, 0.29) is 5.91 Å². The Labute approximate surface area is 112 Å². The molecule has 18 heavy (non-hydrogen) atoms. The lowest BCUT2D eigenvalue weighted by molar-refractivity contribution is -0.132. The van der Waals surface area contributed by atoms with Crippen LogP contribution in [0.2, 0.25) is 0 Å². The van der Waals surface area contributed by atoms with Gasteiger partial charge in [0.25, 0.3) is 0 Å². The van der Waals surface area contributed by atoms with Crippen molar-refractivity contribution in [3.05, 3.63) is 29.3 Å². The average molecular weight is 265 g/mol. The molecular formula is C14H19NO2S. The highest BCUT2D eigenvalue weighted by atomic mass is 32.2. The van der Waals surface area contributed by atoms with Crippen molar-refractivity contribution >= 4 is 17.7 Å². The van der Waals surface area contributed by atoms with Crippen molar-refractivity contribution in [2.45, 2.75) is 24.2 Å². The van der Waals surface area contributed by atoms with Gasteiger partial charge in [-0.05, 0) is 42.2 Å². The van der Waals surface area contributed by atoms with Gasteiger partial charge < -0.3 is 10.0 Å². The number of fused-ring (bicyclic) bond motifs is 1. The first-order chi connectivity index (χ1) is 8.70. The Hall–Kier alpha value is -1.00. The van der Waals surface area contributed by atoms with Crippen LogP contribution in [0.1, 0.15) is 17.5 Å². The highest BCUT2D eigenvalue weighted by Gasteiger charge is 2.11. The number of hydrogen-bond acceptors (Lipinski definition) is 3. The zero-order chi connectivity index (χ0) is 13.0. The number of nitrogens with zero attached hydrogens (tertiary/aromatic N) is 1. The van der Waals surface area contributed by atoms with Gasteiger partial charge in [-0.1, -0.05) is 12.1 Å². The van der Waals surface area contributed by atoms with E-state index in [1.165, 1.54) is 34.6 Å². The molecule has 1 heterocycles. The molecule has 0 aromatic heterocycles. The number of aliphatic hydroxyl groups excluding tert-OH is 1. The van der Waals surface area contributed by atoms with Crippen LogP contribution in [0.25, 0.3) is 0 Å². The molecule has 1 aliphatic heterocycles. The molecule has 1 aromatic carbocycles. The summed E-state index contributed by atoms with van der Waals surface area (Å²) >= 11 is 1.93. The van der Waals surface area contributed by atoms with Crippen molar-refractivity contribution in [2.75, 3.05) is 26.0 Å². The van der Waals surface area contributed by atoms with Crippen LogP contribution in [0.5, 0.6) is 0 Å². The van der Waals surface area contributed by atoms with Crippen molar-refractivity contribution in [1.82, 2.24) is 4.90 Å². The predicted octanol–water partition coefficient (Wildman–Crippen LogP) is 1.72. The number of benzene rings is 1. The van der Waals surface area contributed by atoms with Crippen molar-refractivity contribution in [3.63, 3.8) is 0 Å². The van der Waals surface area contributed by atoms with Crippen LogP contribution in [-0.4, -0.2) is 41.9 Å². The second kappa shape index (κ2) is 6.25. The minimum Gasteiger partial charge on any atom is -0.387 e. The highest BCUT2D eigenvalue weighted by molar-refractivity contribution is 7.99. The number of thioether (sulfide) groups is 1. The number of rotatable bonds is 4. The molecule has 0 aliphatic carbocycles. The largest absolute Gasteiger partial charge is 0.387 e. The number of hydrogen-bond donors (Lipinski definition) is 1. The standard InChI is InChI=1S/C14H19NO2S/c1-15(14(17)10-16)7-6-11-4-5-13-12(9-11)3-2-8-18-13/h4-5,9,16H,2-3,6-8,10H2,1H3. The lowest BCUT2D eigenvalue weighted by Crippen LogP contribution is -2.31. The second-order valence-electron chi connectivity index (χ2n) is 4.62. The Kier molecular flexibility index (Phi) is 4.66. The SMILES string of the molecule is CN(CCc1ccc2c(c1)CCCS2)C(=O)CO. The van der Waals surface area contributed by atoms with E-state index < -0.39 is 6.61 Å². The summed E-state index contributed by atoms with van der Waals surface area (Å²) in [5, 5.41) is 8.77. The number of aryl methyl sites for hydroxylation is 1. The minimum atomic E-state index is -0.405. The lowest BCUT2D eigenvalue weighted by Gasteiger charge is -2.18. The van der Waals surface area contributed by atoms with E-state index in [2.05, 4.69) is 18.2 Å². The summed E-state index contributed by atoms with van der Waals surface area (Å²) in [4.78, 5) is 14.2. The monoisotopic (exact) mass is 265 g/mol. The topological polar surface area (TPSA) is 40.5 Å². The molecule has 1 amide bonds. The normalized spacial score (nSPS) is 14.1.